The van der Waals surface area contributed by atoms with Gasteiger partial charge in [0, 0.05) is 18.3 Å². The molecule has 2 amide bonds. The monoisotopic (exact) mass is 553 g/mol. The Hall–Kier alpha value is -4.46. The third-order valence-electron chi connectivity index (χ3n) is 7.11. The van der Waals surface area contributed by atoms with Gasteiger partial charge in [-0.2, -0.15) is 5.10 Å². The van der Waals surface area contributed by atoms with E-state index in [4.69, 9.17) is 10.8 Å². The second kappa shape index (κ2) is 13.3. The number of pyridine rings is 1. The third-order valence-corrected chi connectivity index (χ3v) is 7.11. The van der Waals surface area contributed by atoms with Crippen LogP contribution >= 0.6 is 0 Å². The molecule has 0 saturated heterocycles. The number of carbonyl (C=O) groups is 2. The van der Waals surface area contributed by atoms with E-state index in [2.05, 4.69) is 61.4 Å². The van der Waals surface area contributed by atoms with Crippen LogP contribution in [0.5, 0.6) is 5.75 Å². The lowest BCUT2D eigenvalue weighted by molar-refractivity contribution is -0.127. The van der Waals surface area contributed by atoms with E-state index < -0.39 is 11.9 Å². The first-order valence-electron chi connectivity index (χ1n) is 14.1. The van der Waals surface area contributed by atoms with Crippen LogP contribution in [0.3, 0.4) is 0 Å². The predicted octanol–water partition coefficient (Wildman–Crippen LogP) is 5.25. The average Bonchev–Trinajstić information content (AvgIpc) is 3.38. The molecule has 0 radical (unpaired) electrons. The van der Waals surface area contributed by atoms with Crippen LogP contribution in [0.15, 0.2) is 79.0 Å². The van der Waals surface area contributed by atoms with Gasteiger partial charge in [-0.1, -0.05) is 51.1 Å². The first-order valence-corrected chi connectivity index (χ1v) is 14.1. The number of hydrogen-bond donors (Lipinski definition) is 3. The normalized spacial score (nSPS) is 12.2. The van der Waals surface area contributed by atoms with Crippen molar-refractivity contribution < 1.29 is 14.7 Å². The zero-order chi connectivity index (χ0) is 29.4. The highest BCUT2D eigenvalue weighted by atomic mass is 16.3. The van der Waals surface area contributed by atoms with Crippen molar-refractivity contribution in [3.8, 4) is 22.8 Å². The zero-order valence-electron chi connectivity index (χ0n) is 24.0. The van der Waals surface area contributed by atoms with Crippen LogP contribution in [0.2, 0.25) is 0 Å². The number of benzene rings is 2. The molecule has 0 fully saturated rings. The molecule has 2 heterocycles. The Labute approximate surface area is 241 Å². The molecule has 2 aromatic heterocycles. The number of nitrogens with two attached hydrogens (primary N) is 1. The molecule has 4 aromatic rings. The van der Waals surface area contributed by atoms with Crippen molar-refractivity contribution in [1.29, 1.82) is 0 Å². The third kappa shape index (κ3) is 8.27. The van der Waals surface area contributed by atoms with Gasteiger partial charge >= 0.3 is 0 Å². The first-order chi connectivity index (χ1) is 19.6. The summed E-state index contributed by atoms with van der Waals surface area (Å²) in [6.07, 6.45) is 5.17. The maximum atomic E-state index is 12.6. The fourth-order valence-corrected chi connectivity index (χ4v) is 4.68. The lowest BCUT2D eigenvalue weighted by atomic mass is 9.87. The Morgan fingerprint density at radius 3 is 2.32 bits per heavy atom. The van der Waals surface area contributed by atoms with Crippen molar-refractivity contribution in [1.82, 2.24) is 20.1 Å². The quantitative estimate of drug-likeness (QED) is 0.207. The average molecular weight is 554 g/mol. The summed E-state index contributed by atoms with van der Waals surface area (Å²) in [5.74, 6) is -0.566. The van der Waals surface area contributed by atoms with Crippen LogP contribution in [0.1, 0.15) is 63.3 Å². The number of phenolic OH excluding ortho intramolecular Hbond substituents is 1. The molecule has 214 valence electrons. The number of unbranched alkanes of at least 4 members (excludes halogenated alkanes) is 1. The van der Waals surface area contributed by atoms with Crippen LogP contribution in [0.25, 0.3) is 17.1 Å². The van der Waals surface area contributed by atoms with Crippen LogP contribution in [0.4, 0.5) is 0 Å². The highest BCUT2D eigenvalue weighted by Crippen LogP contribution is 2.26. The van der Waals surface area contributed by atoms with Gasteiger partial charge in [-0.15, -0.1) is 0 Å². The summed E-state index contributed by atoms with van der Waals surface area (Å²) < 4.78 is 1.96. The molecule has 8 nitrogen and oxygen atoms in total. The van der Waals surface area contributed by atoms with E-state index in [0.717, 1.165) is 41.2 Å². The molecule has 0 aliphatic carbocycles. The van der Waals surface area contributed by atoms with Gasteiger partial charge < -0.3 is 16.2 Å². The second-order valence-corrected chi connectivity index (χ2v) is 11.4. The zero-order valence-corrected chi connectivity index (χ0v) is 24.0. The Morgan fingerprint density at radius 2 is 1.68 bits per heavy atom. The van der Waals surface area contributed by atoms with Gasteiger partial charge in [-0.25, -0.2) is 4.68 Å². The number of nitrogens with zero attached hydrogens (tertiary/aromatic N) is 3. The summed E-state index contributed by atoms with van der Waals surface area (Å²) >= 11 is 0. The molecule has 41 heavy (non-hydrogen) atoms. The Bertz CT molecular complexity index is 1440. The van der Waals surface area contributed by atoms with Crippen molar-refractivity contribution in [2.45, 2.75) is 70.8 Å². The number of amides is 2. The van der Waals surface area contributed by atoms with Gasteiger partial charge in [-0.05, 0) is 91.1 Å². The minimum Gasteiger partial charge on any atom is -0.508 e. The van der Waals surface area contributed by atoms with Gasteiger partial charge in [0.25, 0.3) is 0 Å². The van der Waals surface area contributed by atoms with E-state index >= 15 is 0 Å². The van der Waals surface area contributed by atoms with Crippen LogP contribution in [-0.2, 0) is 27.8 Å². The Balaban J connectivity index is 1.37. The number of aromatic hydroxyl groups is 1. The predicted molar refractivity (Wildman–Crippen MR) is 161 cm³/mol. The standard InChI is InChI=1S/C33H39N5O3/c1-33(2,3)24-14-16-25(17-15-24)38-26(22-30(37-38)28-9-6-7-21-35-28)8-4-5-10-31(40)36-29(32(34)41)20-13-23-11-18-27(39)19-12-23/h6-7,9,11-12,14-19,21-22,29,39H,4-5,8,10,13,20H2,1-3H3,(H2,34,41)(H,36,40). The molecule has 4 N–H and O–H groups in total. The largest absolute Gasteiger partial charge is 0.508 e. The second-order valence-electron chi connectivity index (χ2n) is 11.4. The number of primary amides is 1. The highest BCUT2D eigenvalue weighted by Gasteiger charge is 2.19. The lowest BCUT2D eigenvalue weighted by Crippen LogP contribution is -2.44. The number of aryl methyl sites for hydroxylation is 2. The van der Waals surface area contributed by atoms with Crippen molar-refractivity contribution in [2.75, 3.05) is 0 Å². The van der Waals surface area contributed by atoms with Crippen molar-refractivity contribution in [3.63, 3.8) is 0 Å². The SMILES string of the molecule is CC(C)(C)c1ccc(-n2nc(-c3ccccn3)cc2CCCCC(=O)NC(CCc2ccc(O)cc2)C(N)=O)cc1. The summed E-state index contributed by atoms with van der Waals surface area (Å²) in [6, 6.07) is 22.3. The van der Waals surface area contributed by atoms with E-state index in [0.29, 0.717) is 25.7 Å². The van der Waals surface area contributed by atoms with Crippen LogP contribution in [-0.4, -0.2) is 37.7 Å². The smallest absolute Gasteiger partial charge is 0.240 e. The molecule has 0 aliphatic heterocycles. The summed E-state index contributed by atoms with van der Waals surface area (Å²) in [4.78, 5) is 29.0. The molecule has 1 unspecified atom stereocenters. The number of nitrogens with one attached hydrogen (secondary N) is 1. The minimum absolute atomic E-state index is 0.0597. The van der Waals surface area contributed by atoms with Gasteiger partial charge in [0.1, 0.15) is 17.5 Å². The fourth-order valence-electron chi connectivity index (χ4n) is 4.68. The lowest BCUT2D eigenvalue weighted by Gasteiger charge is -2.19. The number of rotatable bonds is 12. The van der Waals surface area contributed by atoms with Crippen molar-refractivity contribution >= 4 is 11.8 Å². The molecule has 0 aliphatic rings. The minimum atomic E-state index is -0.741. The maximum absolute atomic E-state index is 12.6. The van der Waals surface area contributed by atoms with Gasteiger partial charge in [0.15, 0.2) is 0 Å². The molecule has 4 rings (SSSR count). The molecule has 8 heteroatoms. The number of aromatic nitrogens is 3. The Morgan fingerprint density at radius 1 is 0.951 bits per heavy atom. The van der Waals surface area contributed by atoms with E-state index in [1.165, 1.54) is 5.56 Å². The summed E-state index contributed by atoms with van der Waals surface area (Å²) in [5.41, 5.74) is 11.4. The number of hydrogen-bond acceptors (Lipinski definition) is 5. The summed E-state index contributed by atoms with van der Waals surface area (Å²) in [5, 5.41) is 17.1. The van der Waals surface area contributed by atoms with Gasteiger partial charge in [-0.3, -0.25) is 14.6 Å². The van der Waals surface area contributed by atoms with Crippen molar-refractivity contribution in [2.24, 2.45) is 5.73 Å². The van der Waals surface area contributed by atoms with E-state index in [1.54, 1.807) is 30.5 Å². The Kier molecular flexibility index (Phi) is 9.55. The van der Waals surface area contributed by atoms with Crippen LogP contribution in [0, 0.1) is 0 Å². The van der Waals surface area contributed by atoms with E-state index in [9.17, 15) is 14.7 Å². The van der Waals surface area contributed by atoms with Gasteiger partial charge in [0.2, 0.25) is 11.8 Å². The highest BCUT2D eigenvalue weighted by molar-refractivity contribution is 5.86. The summed E-state index contributed by atoms with van der Waals surface area (Å²) in [6.45, 7) is 6.58. The van der Waals surface area contributed by atoms with E-state index in [1.807, 2.05) is 22.9 Å². The molecule has 1 atom stereocenters. The summed E-state index contributed by atoms with van der Waals surface area (Å²) in [7, 11) is 0. The van der Waals surface area contributed by atoms with E-state index in [-0.39, 0.29) is 17.1 Å². The number of phenols is 1. The van der Waals surface area contributed by atoms with Crippen molar-refractivity contribution in [3.05, 3.63) is 95.8 Å². The van der Waals surface area contributed by atoms with Crippen LogP contribution < -0.4 is 11.1 Å². The van der Waals surface area contributed by atoms with Gasteiger partial charge in [0.05, 0.1) is 11.4 Å². The maximum Gasteiger partial charge on any atom is 0.240 e. The molecular weight excluding hydrogens is 514 g/mol. The first kappa shape index (κ1) is 29.5. The molecule has 0 saturated carbocycles. The molecular formula is C33H39N5O3. The topological polar surface area (TPSA) is 123 Å². The molecule has 0 bridgehead atoms. The fraction of sp³-hybridized carbons (Fsp3) is 0.333. The molecule has 2 aromatic carbocycles. The number of carbonyl (C=O) groups excluding carboxylic acids is 2. The molecule has 0 spiro atoms.